The molecule has 2 aromatic rings. The van der Waals surface area contributed by atoms with Gasteiger partial charge in [0.25, 0.3) is 0 Å². The predicted octanol–water partition coefficient (Wildman–Crippen LogP) is 3.47. The van der Waals surface area contributed by atoms with Gasteiger partial charge in [-0.3, -0.25) is 14.4 Å². The van der Waals surface area contributed by atoms with Crippen LogP contribution in [0.1, 0.15) is 59.3 Å². The summed E-state index contributed by atoms with van der Waals surface area (Å²) in [5.41, 5.74) is -0.720. The fourth-order valence-electron chi connectivity index (χ4n) is 7.56. The maximum absolute atomic E-state index is 14.8. The lowest BCUT2D eigenvalue weighted by molar-refractivity contribution is -0.163. The van der Waals surface area contributed by atoms with Crippen molar-refractivity contribution in [1.82, 2.24) is 24.8 Å². The van der Waals surface area contributed by atoms with Gasteiger partial charge in [0.2, 0.25) is 11.8 Å². The van der Waals surface area contributed by atoms with E-state index in [2.05, 4.69) is 23.5 Å². The maximum Gasteiger partial charge on any atom is 0.312 e. The molecule has 1 aromatic heterocycles. The van der Waals surface area contributed by atoms with E-state index < -0.39 is 41.1 Å². The Hall–Kier alpha value is -3.57. The quantitative estimate of drug-likeness (QED) is 0.185. The molecule has 5 rings (SSSR count). The summed E-state index contributed by atoms with van der Waals surface area (Å²) in [5.74, 6) is -3.02. The standard InChI is InChI=1S/C33H45N5O6/c1-6-9-10-13-19-43-31(42)27-26-29(40)38(25(20-39)22(4)8-3)28(33(26)17-16-32(27,5)44-33)30(41)36(18-7-2)21-37-24-15-12-11-14-23(24)34-35-37/h6-7,11-12,14-15,22,25-28,39H,1-2,8-10,13,16-21H2,3-5H3/t22-,25-,26-,27-,28?,32+,33?/m0/s1. The first-order chi connectivity index (χ1) is 21.2. The summed E-state index contributed by atoms with van der Waals surface area (Å²) in [5, 5.41) is 19.1. The third-order valence-corrected chi connectivity index (χ3v) is 9.98. The highest BCUT2D eigenvalue weighted by molar-refractivity contribution is 5.98. The number of nitrogens with zero attached hydrogens (tertiary/aromatic N) is 5. The number of carbonyl (C=O) groups is 3. The van der Waals surface area contributed by atoms with Crippen molar-refractivity contribution in [3.8, 4) is 0 Å². The smallest absolute Gasteiger partial charge is 0.312 e. The Morgan fingerprint density at radius 2 is 2.02 bits per heavy atom. The molecule has 11 heteroatoms. The Kier molecular flexibility index (Phi) is 9.27. The molecule has 0 radical (unpaired) electrons. The van der Waals surface area contributed by atoms with Crippen LogP contribution in [0.25, 0.3) is 11.0 Å². The number of aliphatic hydroxyl groups is 1. The van der Waals surface area contributed by atoms with Crippen LogP contribution in [-0.2, 0) is 30.5 Å². The van der Waals surface area contributed by atoms with Gasteiger partial charge in [0.1, 0.15) is 29.7 Å². The van der Waals surface area contributed by atoms with Gasteiger partial charge in [-0.1, -0.05) is 49.8 Å². The van der Waals surface area contributed by atoms with Gasteiger partial charge in [-0.15, -0.1) is 18.3 Å². The summed E-state index contributed by atoms with van der Waals surface area (Å²) in [6.07, 6.45) is 7.45. The van der Waals surface area contributed by atoms with Crippen LogP contribution in [0.5, 0.6) is 0 Å². The Morgan fingerprint density at radius 3 is 2.73 bits per heavy atom. The fourth-order valence-corrected chi connectivity index (χ4v) is 7.56. The van der Waals surface area contributed by atoms with Crippen molar-refractivity contribution >= 4 is 28.8 Å². The second-order valence-corrected chi connectivity index (χ2v) is 12.6. The third kappa shape index (κ3) is 5.23. The molecule has 0 saturated carbocycles. The van der Waals surface area contributed by atoms with Gasteiger partial charge in [-0.2, -0.15) is 0 Å². The number of hydrogen-bond acceptors (Lipinski definition) is 8. The van der Waals surface area contributed by atoms with Crippen molar-refractivity contribution in [2.45, 2.75) is 89.3 Å². The van der Waals surface area contributed by atoms with Crippen LogP contribution in [-0.4, -0.2) is 90.7 Å². The first-order valence-electron chi connectivity index (χ1n) is 15.8. The maximum atomic E-state index is 14.8. The van der Waals surface area contributed by atoms with Crippen LogP contribution < -0.4 is 0 Å². The topological polar surface area (TPSA) is 127 Å². The zero-order valence-corrected chi connectivity index (χ0v) is 26.1. The second-order valence-electron chi connectivity index (χ2n) is 12.6. The zero-order chi connectivity index (χ0) is 31.6. The highest BCUT2D eigenvalue weighted by Gasteiger charge is 2.79. The average Bonchev–Trinajstić information content (AvgIpc) is 3.72. The average molecular weight is 608 g/mol. The van der Waals surface area contributed by atoms with Crippen molar-refractivity contribution in [3.05, 3.63) is 49.6 Å². The molecule has 0 aliphatic carbocycles. The van der Waals surface area contributed by atoms with Crippen LogP contribution in [0.2, 0.25) is 0 Å². The van der Waals surface area contributed by atoms with E-state index in [1.165, 1.54) is 4.90 Å². The van der Waals surface area contributed by atoms with Crippen molar-refractivity contribution in [3.63, 3.8) is 0 Å². The number of benzene rings is 1. The van der Waals surface area contributed by atoms with Gasteiger partial charge in [0, 0.05) is 6.54 Å². The minimum absolute atomic E-state index is 0.0746. The summed E-state index contributed by atoms with van der Waals surface area (Å²) < 4.78 is 14.1. The number of para-hydroxylation sites is 1. The monoisotopic (exact) mass is 607 g/mol. The molecule has 11 nitrogen and oxygen atoms in total. The number of esters is 1. The molecule has 7 atom stereocenters. The number of allylic oxidation sites excluding steroid dienone is 1. The number of fused-ring (bicyclic) bond motifs is 2. The molecule has 1 spiro atoms. The van der Waals surface area contributed by atoms with Gasteiger partial charge in [-0.05, 0) is 57.1 Å². The number of rotatable bonds is 15. The molecule has 2 bridgehead atoms. The van der Waals surface area contributed by atoms with E-state index in [1.54, 1.807) is 15.7 Å². The highest BCUT2D eigenvalue weighted by atomic mass is 16.6. The lowest BCUT2D eigenvalue weighted by Crippen LogP contribution is -2.60. The Bertz CT molecular complexity index is 1410. The Balaban J connectivity index is 1.52. The minimum Gasteiger partial charge on any atom is -0.465 e. The molecule has 2 amide bonds. The number of aliphatic hydroxyl groups excluding tert-OH is 1. The number of ether oxygens (including phenoxy) is 2. The number of aromatic nitrogens is 3. The molecule has 2 unspecified atom stereocenters. The summed E-state index contributed by atoms with van der Waals surface area (Å²) in [4.78, 5) is 46.1. The fraction of sp³-hybridized carbons (Fsp3) is 0.606. The zero-order valence-electron chi connectivity index (χ0n) is 26.1. The van der Waals surface area contributed by atoms with Crippen molar-refractivity contribution < 1.29 is 29.0 Å². The molecule has 1 aromatic carbocycles. The number of hydrogen-bond donors (Lipinski definition) is 1. The van der Waals surface area contributed by atoms with E-state index in [0.29, 0.717) is 31.2 Å². The van der Waals surface area contributed by atoms with Gasteiger partial charge < -0.3 is 24.4 Å². The molecule has 3 saturated heterocycles. The predicted molar refractivity (Wildman–Crippen MR) is 164 cm³/mol. The van der Waals surface area contributed by atoms with E-state index >= 15 is 0 Å². The first kappa shape index (κ1) is 31.8. The number of unbranched alkanes of at least 4 members (excludes halogenated alkanes) is 2. The Morgan fingerprint density at radius 1 is 1.25 bits per heavy atom. The van der Waals surface area contributed by atoms with Gasteiger partial charge in [0.05, 0.1) is 36.3 Å². The van der Waals surface area contributed by atoms with E-state index in [1.807, 2.05) is 51.1 Å². The molecule has 44 heavy (non-hydrogen) atoms. The molecule has 3 aliphatic heterocycles. The molecule has 238 valence electrons. The first-order valence-corrected chi connectivity index (χ1v) is 15.8. The normalized spacial score (nSPS) is 28.6. The molecule has 3 aliphatic rings. The van der Waals surface area contributed by atoms with E-state index in [4.69, 9.17) is 9.47 Å². The SMILES string of the molecule is C=CCCCCOC(=O)[C@@H]1[C@H]2C(=O)N([C@@H](CO)[C@@H](C)CC)C(C(=O)N(CC=C)Cn3nnc4ccccc43)C23CC[C@@]1(C)O3. The van der Waals surface area contributed by atoms with Crippen LogP contribution in [0.4, 0.5) is 0 Å². The van der Waals surface area contributed by atoms with Gasteiger partial charge >= 0.3 is 5.97 Å². The van der Waals surface area contributed by atoms with Gasteiger partial charge in [-0.25, -0.2) is 4.68 Å². The molecule has 1 N–H and O–H groups in total. The largest absolute Gasteiger partial charge is 0.465 e. The van der Waals surface area contributed by atoms with Crippen LogP contribution in [0.3, 0.4) is 0 Å². The lowest BCUT2D eigenvalue weighted by atomic mass is 9.66. The van der Waals surface area contributed by atoms with Crippen molar-refractivity contribution in [2.75, 3.05) is 19.8 Å². The summed E-state index contributed by atoms with van der Waals surface area (Å²) in [7, 11) is 0. The second kappa shape index (κ2) is 12.8. The van der Waals surface area contributed by atoms with E-state index in [-0.39, 0.29) is 44.2 Å². The highest BCUT2D eigenvalue weighted by Crippen LogP contribution is 2.64. The van der Waals surface area contributed by atoms with E-state index in [0.717, 1.165) is 18.4 Å². The van der Waals surface area contributed by atoms with Crippen LogP contribution >= 0.6 is 0 Å². The molecule has 3 fully saturated rings. The summed E-state index contributed by atoms with van der Waals surface area (Å²) in [6.45, 7) is 13.6. The van der Waals surface area contributed by atoms with Crippen LogP contribution in [0.15, 0.2) is 49.6 Å². The number of carbonyl (C=O) groups excluding carboxylic acids is 3. The Labute approximate surface area is 258 Å². The minimum atomic E-state index is -1.24. The molecular formula is C33H45N5O6. The van der Waals surface area contributed by atoms with Crippen molar-refractivity contribution in [1.29, 1.82) is 0 Å². The number of likely N-dealkylation sites (tertiary alicyclic amines) is 1. The lowest BCUT2D eigenvalue weighted by Gasteiger charge is -2.41. The summed E-state index contributed by atoms with van der Waals surface area (Å²) >= 11 is 0. The van der Waals surface area contributed by atoms with Gasteiger partial charge in [0.15, 0.2) is 0 Å². The third-order valence-electron chi connectivity index (χ3n) is 9.98. The molecule has 4 heterocycles. The van der Waals surface area contributed by atoms with Crippen LogP contribution in [0, 0.1) is 17.8 Å². The molecular weight excluding hydrogens is 562 g/mol. The summed E-state index contributed by atoms with van der Waals surface area (Å²) in [6, 6.07) is 5.80. The van der Waals surface area contributed by atoms with Crippen molar-refractivity contribution in [2.24, 2.45) is 17.8 Å². The van der Waals surface area contributed by atoms with E-state index in [9.17, 15) is 19.5 Å². The number of amides is 2.